The van der Waals surface area contributed by atoms with Crippen LogP contribution in [0.25, 0.3) is 0 Å². The fraction of sp³-hybridized carbons (Fsp3) is 0.938. The van der Waals surface area contributed by atoms with Gasteiger partial charge in [-0.2, -0.15) is 0 Å². The summed E-state index contributed by atoms with van der Waals surface area (Å²) in [5, 5.41) is 21.8. The van der Waals surface area contributed by atoms with Crippen molar-refractivity contribution in [2.45, 2.75) is 58.0 Å². The minimum atomic E-state index is -1.22. The summed E-state index contributed by atoms with van der Waals surface area (Å²) in [5.41, 5.74) is -1.08. The van der Waals surface area contributed by atoms with Gasteiger partial charge >= 0.3 is 0 Å². The highest BCUT2D eigenvalue weighted by Crippen LogP contribution is 2.65. The molecule has 0 spiro atoms. The summed E-state index contributed by atoms with van der Waals surface area (Å²) in [4.78, 5) is 12.7. The van der Waals surface area contributed by atoms with Gasteiger partial charge in [-0.25, -0.2) is 0 Å². The normalized spacial score (nSPS) is 45.2. The molecule has 114 valence electrons. The molecule has 0 aliphatic heterocycles. The van der Waals surface area contributed by atoms with Crippen LogP contribution in [0.15, 0.2) is 0 Å². The minimum Gasteiger partial charge on any atom is -0.393 e. The predicted octanol–water partition coefficient (Wildman–Crippen LogP) is 1.45. The molecule has 0 saturated heterocycles. The molecule has 3 unspecified atom stereocenters. The molecule has 4 rings (SSSR count). The van der Waals surface area contributed by atoms with Crippen molar-refractivity contribution in [3.05, 3.63) is 0 Å². The molecule has 20 heavy (non-hydrogen) atoms. The molecule has 0 heterocycles. The summed E-state index contributed by atoms with van der Waals surface area (Å²) < 4.78 is 0. The lowest BCUT2D eigenvalue weighted by Gasteiger charge is -2.60. The van der Waals surface area contributed by atoms with Crippen molar-refractivity contribution in [2.75, 3.05) is 13.2 Å². The second kappa shape index (κ2) is 4.44. The van der Waals surface area contributed by atoms with Crippen LogP contribution in [0.1, 0.15) is 52.4 Å². The molecule has 4 aliphatic carbocycles. The van der Waals surface area contributed by atoms with E-state index >= 15 is 0 Å². The monoisotopic (exact) mass is 281 g/mol. The van der Waals surface area contributed by atoms with Gasteiger partial charge in [-0.05, 0) is 62.7 Å². The van der Waals surface area contributed by atoms with Crippen LogP contribution < -0.4 is 5.32 Å². The Labute approximate surface area is 120 Å². The van der Waals surface area contributed by atoms with E-state index < -0.39 is 5.60 Å². The first-order valence-corrected chi connectivity index (χ1v) is 7.88. The van der Waals surface area contributed by atoms with Gasteiger partial charge in [-0.15, -0.1) is 0 Å². The molecular formula is C16H27NO3. The summed E-state index contributed by atoms with van der Waals surface area (Å²) in [6.45, 7) is 3.70. The van der Waals surface area contributed by atoms with Gasteiger partial charge in [0.25, 0.3) is 0 Å². The van der Waals surface area contributed by atoms with Gasteiger partial charge in [0, 0.05) is 6.54 Å². The Morgan fingerprint density at radius 1 is 1.30 bits per heavy atom. The van der Waals surface area contributed by atoms with Crippen LogP contribution in [-0.4, -0.2) is 34.9 Å². The summed E-state index contributed by atoms with van der Waals surface area (Å²) in [7, 11) is 0. The second-order valence-electron chi connectivity index (χ2n) is 8.39. The van der Waals surface area contributed by atoms with Crippen molar-refractivity contribution in [3.63, 3.8) is 0 Å². The van der Waals surface area contributed by atoms with Crippen LogP contribution in [0.3, 0.4) is 0 Å². The number of carbonyl (C=O) groups excluding carboxylic acids is 1. The molecule has 0 aromatic rings. The van der Waals surface area contributed by atoms with Crippen molar-refractivity contribution in [1.29, 1.82) is 0 Å². The van der Waals surface area contributed by atoms with E-state index in [2.05, 4.69) is 12.2 Å². The molecule has 4 aliphatic rings. The number of hydrogen-bond donors (Lipinski definition) is 3. The van der Waals surface area contributed by atoms with E-state index in [0.29, 0.717) is 17.3 Å². The van der Waals surface area contributed by atoms with Crippen molar-refractivity contribution in [1.82, 2.24) is 5.32 Å². The van der Waals surface area contributed by atoms with Crippen molar-refractivity contribution in [2.24, 2.45) is 22.7 Å². The van der Waals surface area contributed by atoms with Crippen molar-refractivity contribution in [3.8, 4) is 0 Å². The zero-order chi connectivity index (χ0) is 14.6. The fourth-order valence-electron chi connectivity index (χ4n) is 5.50. The summed E-state index contributed by atoms with van der Waals surface area (Å²) in [6, 6.07) is 0. The standard InChI is InChI=1S/C16H27NO3/c1-14-4-11-3-12(5-14)7-16(6-11,8-14)13(19)17-9-15(2,20)10-18/h11-12,18,20H,3-10H2,1-2H3,(H,17,19). The number of carbonyl (C=O) groups is 1. The fourth-order valence-corrected chi connectivity index (χ4v) is 5.50. The number of nitrogens with one attached hydrogen (secondary N) is 1. The van der Waals surface area contributed by atoms with Gasteiger partial charge in [-0.3, -0.25) is 4.79 Å². The number of aliphatic hydroxyl groups excluding tert-OH is 1. The highest BCUT2D eigenvalue weighted by atomic mass is 16.3. The first-order chi connectivity index (χ1) is 9.26. The van der Waals surface area contributed by atoms with E-state index in [1.54, 1.807) is 6.92 Å². The summed E-state index contributed by atoms with van der Waals surface area (Å²) in [6.07, 6.45) is 6.91. The van der Waals surface area contributed by atoms with Crippen molar-refractivity contribution < 1.29 is 15.0 Å². The van der Waals surface area contributed by atoms with Gasteiger partial charge in [0.1, 0.15) is 5.60 Å². The Kier molecular flexibility index (Phi) is 3.18. The lowest BCUT2D eigenvalue weighted by molar-refractivity contribution is -0.156. The lowest BCUT2D eigenvalue weighted by atomic mass is 9.44. The molecule has 4 nitrogen and oxygen atoms in total. The van der Waals surface area contributed by atoms with Crippen LogP contribution in [0, 0.1) is 22.7 Å². The van der Waals surface area contributed by atoms with E-state index in [0.717, 1.165) is 19.3 Å². The molecule has 4 fully saturated rings. The molecular weight excluding hydrogens is 254 g/mol. The summed E-state index contributed by atoms with van der Waals surface area (Å²) in [5.74, 6) is 1.53. The maximum absolute atomic E-state index is 12.7. The molecule has 1 amide bonds. The molecule has 4 saturated carbocycles. The predicted molar refractivity (Wildman–Crippen MR) is 75.9 cm³/mol. The Hall–Kier alpha value is -0.610. The quantitative estimate of drug-likeness (QED) is 0.730. The highest BCUT2D eigenvalue weighted by molar-refractivity contribution is 5.83. The average Bonchev–Trinajstić information content (AvgIpc) is 2.33. The number of aliphatic hydroxyl groups is 2. The van der Waals surface area contributed by atoms with Gasteiger partial charge in [-0.1, -0.05) is 6.92 Å². The Morgan fingerprint density at radius 3 is 2.40 bits per heavy atom. The van der Waals surface area contributed by atoms with Crippen molar-refractivity contribution >= 4 is 5.91 Å². The van der Waals surface area contributed by atoms with E-state index in [-0.39, 0.29) is 24.5 Å². The van der Waals surface area contributed by atoms with E-state index in [4.69, 9.17) is 5.11 Å². The summed E-state index contributed by atoms with van der Waals surface area (Å²) >= 11 is 0. The van der Waals surface area contributed by atoms with Crippen LogP contribution in [0.4, 0.5) is 0 Å². The van der Waals surface area contributed by atoms with Gasteiger partial charge in [0.2, 0.25) is 5.91 Å². The van der Waals surface area contributed by atoms with Crippen LogP contribution in [-0.2, 0) is 4.79 Å². The molecule has 0 aromatic carbocycles. The molecule has 3 N–H and O–H groups in total. The van der Waals surface area contributed by atoms with E-state index in [1.807, 2.05) is 0 Å². The zero-order valence-electron chi connectivity index (χ0n) is 12.6. The maximum atomic E-state index is 12.7. The number of rotatable bonds is 4. The SMILES string of the molecule is CC(O)(CO)CNC(=O)C12CC3CC(CC(C)(C3)C1)C2. The zero-order valence-corrected chi connectivity index (χ0v) is 12.6. The Bertz CT molecular complexity index is 404. The van der Waals surface area contributed by atoms with Crippen LogP contribution in [0.2, 0.25) is 0 Å². The third kappa shape index (κ3) is 2.37. The molecule has 0 aromatic heterocycles. The Balaban J connectivity index is 1.71. The first-order valence-electron chi connectivity index (χ1n) is 7.88. The molecule has 4 bridgehead atoms. The minimum absolute atomic E-state index is 0.103. The molecule has 0 radical (unpaired) electrons. The van der Waals surface area contributed by atoms with Gasteiger partial charge in [0.05, 0.1) is 12.0 Å². The first kappa shape index (κ1) is 14.3. The van der Waals surface area contributed by atoms with E-state index in [1.165, 1.54) is 19.3 Å². The number of hydrogen-bond acceptors (Lipinski definition) is 3. The largest absolute Gasteiger partial charge is 0.393 e. The molecule has 3 atom stereocenters. The second-order valence-corrected chi connectivity index (χ2v) is 8.39. The Morgan fingerprint density at radius 2 is 1.90 bits per heavy atom. The highest BCUT2D eigenvalue weighted by Gasteiger charge is 2.58. The van der Waals surface area contributed by atoms with Crippen LogP contribution in [0.5, 0.6) is 0 Å². The average molecular weight is 281 g/mol. The van der Waals surface area contributed by atoms with Gasteiger partial charge < -0.3 is 15.5 Å². The topological polar surface area (TPSA) is 69.6 Å². The lowest BCUT2D eigenvalue weighted by Crippen LogP contribution is -2.58. The van der Waals surface area contributed by atoms with Gasteiger partial charge in [0.15, 0.2) is 0 Å². The smallest absolute Gasteiger partial charge is 0.226 e. The van der Waals surface area contributed by atoms with E-state index in [9.17, 15) is 9.90 Å². The third-order valence-electron chi connectivity index (χ3n) is 5.81. The van der Waals surface area contributed by atoms with Crippen LogP contribution >= 0.6 is 0 Å². The molecule has 4 heteroatoms. The maximum Gasteiger partial charge on any atom is 0.226 e. The third-order valence-corrected chi connectivity index (χ3v) is 5.81. The number of amides is 1.